The molecule has 0 aromatic rings. The molecule has 170 valence electrons. The van der Waals surface area contributed by atoms with Crippen LogP contribution in [0.3, 0.4) is 0 Å². The normalized spacial score (nSPS) is 9.80. The average molecular weight is 427 g/mol. The van der Waals surface area contributed by atoms with E-state index in [1.807, 2.05) is 0 Å². The van der Waals surface area contributed by atoms with Crippen LogP contribution in [0.15, 0.2) is 24.3 Å². The molecule has 10 nitrogen and oxygen atoms in total. The molecule has 0 bridgehead atoms. The fourth-order valence-electron chi connectivity index (χ4n) is 1.91. The number of unbranched alkanes of at least 4 members (excludes halogenated alkanes) is 3. The number of alkyl carbamates (subject to hydrolysis) is 1. The number of nitrogens with one attached hydrogen (secondary N) is 3. The lowest BCUT2D eigenvalue weighted by Crippen LogP contribution is -2.39. The molecule has 0 radical (unpaired) electrons. The van der Waals surface area contributed by atoms with Crippen molar-refractivity contribution in [2.75, 3.05) is 39.5 Å². The van der Waals surface area contributed by atoms with Gasteiger partial charge in [-0.1, -0.05) is 19.6 Å². The Morgan fingerprint density at radius 3 is 1.70 bits per heavy atom. The van der Waals surface area contributed by atoms with E-state index in [0.717, 1.165) is 25.7 Å². The lowest BCUT2D eigenvalue weighted by molar-refractivity contribution is -0.139. The number of rotatable bonds is 15. The van der Waals surface area contributed by atoms with E-state index < -0.39 is 18.1 Å². The third-order valence-electron chi connectivity index (χ3n) is 3.51. The van der Waals surface area contributed by atoms with Crippen LogP contribution in [0, 0.1) is 0 Å². The maximum absolute atomic E-state index is 11.5. The van der Waals surface area contributed by atoms with Gasteiger partial charge in [-0.15, -0.1) is 0 Å². The Kier molecular flexibility index (Phi) is 15.2. The second kappa shape index (κ2) is 16.9. The molecule has 0 aromatic carbocycles. The predicted octanol–water partition coefficient (Wildman–Crippen LogP) is 1.81. The van der Waals surface area contributed by atoms with Gasteiger partial charge in [-0.3, -0.25) is 0 Å². The molecular formula is C20H33N3O7. The maximum atomic E-state index is 11.5. The first-order valence-corrected chi connectivity index (χ1v) is 9.81. The van der Waals surface area contributed by atoms with E-state index in [-0.39, 0.29) is 37.8 Å². The number of ether oxygens (including phenoxy) is 3. The highest BCUT2D eigenvalue weighted by Gasteiger charge is 2.05. The molecule has 0 saturated heterocycles. The Hall–Kier alpha value is -3.04. The van der Waals surface area contributed by atoms with Crippen LogP contribution in [-0.4, -0.2) is 63.5 Å². The summed E-state index contributed by atoms with van der Waals surface area (Å²) >= 11 is 0. The van der Waals surface area contributed by atoms with Gasteiger partial charge in [-0.05, 0) is 33.1 Å². The number of esters is 2. The molecule has 0 aromatic heterocycles. The zero-order valence-corrected chi connectivity index (χ0v) is 17.8. The van der Waals surface area contributed by atoms with Crippen LogP contribution in [0.25, 0.3) is 0 Å². The van der Waals surface area contributed by atoms with Gasteiger partial charge in [0.05, 0.1) is 19.7 Å². The molecule has 0 aliphatic heterocycles. The predicted molar refractivity (Wildman–Crippen MR) is 111 cm³/mol. The van der Waals surface area contributed by atoms with E-state index in [4.69, 9.17) is 14.2 Å². The fourth-order valence-corrected chi connectivity index (χ4v) is 1.91. The van der Waals surface area contributed by atoms with Crippen LogP contribution in [-0.2, 0) is 23.8 Å². The summed E-state index contributed by atoms with van der Waals surface area (Å²) in [6.07, 6.45) is 2.74. The van der Waals surface area contributed by atoms with E-state index in [1.165, 1.54) is 6.92 Å². The SMILES string of the molecule is C=C(C)C(=O)OCCCCCCNC(=O)OCCNC(=O)NCCOC(=O)C(=C)C. The standard InChI is InChI=1S/C20H33N3O7/c1-15(2)17(24)28-12-8-6-5-7-9-23-20(27)30-14-11-22-19(26)21-10-13-29-18(25)16(3)4/h1,3,5-14H2,2,4H3,(H,23,27)(H2,21,22,26). The largest absolute Gasteiger partial charge is 0.462 e. The Bertz CT molecular complexity index is 605. The number of carbonyl (C=O) groups is 4. The van der Waals surface area contributed by atoms with Crippen LogP contribution < -0.4 is 16.0 Å². The lowest BCUT2D eigenvalue weighted by atomic mass is 10.2. The Morgan fingerprint density at radius 1 is 0.633 bits per heavy atom. The van der Waals surface area contributed by atoms with Gasteiger partial charge in [-0.2, -0.15) is 0 Å². The zero-order chi connectivity index (χ0) is 22.8. The lowest BCUT2D eigenvalue weighted by Gasteiger charge is -2.09. The summed E-state index contributed by atoms with van der Waals surface area (Å²) in [5.41, 5.74) is 0.673. The Morgan fingerprint density at radius 2 is 1.13 bits per heavy atom. The topological polar surface area (TPSA) is 132 Å². The number of hydrogen-bond acceptors (Lipinski definition) is 7. The third kappa shape index (κ3) is 16.0. The van der Waals surface area contributed by atoms with Gasteiger partial charge in [0.2, 0.25) is 0 Å². The average Bonchev–Trinajstić information content (AvgIpc) is 2.69. The van der Waals surface area contributed by atoms with Gasteiger partial charge in [0, 0.05) is 17.7 Å². The van der Waals surface area contributed by atoms with Gasteiger partial charge >= 0.3 is 24.1 Å². The summed E-state index contributed by atoms with van der Waals surface area (Å²) in [7, 11) is 0. The highest BCUT2D eigenvalue weighted by Crippen LogP contribution is 2.01. The molecule has 0 fully saturated rings. The number of urea groups is 1. The molecule has 10 heteroatoms. The first-order chi connectivity index (χ1) is 14.2. The van der Waals surface area contributed by atoms with Crippen LogP contribution in [0.1, 0.15) is 39.5 Å². The van der Waals surface area contributed by atoms with E-state index in [2.05, 4.69) is 29.1 Å². The second-order valence-corrected chi connectivity index (χ2v) is 6.49. The van der Waals surface area contributed by atoms with Crippen molar-refractivity contribution in [3.63, 3.8) is 0 Å². The molecule has 3 amide bonds. The molecule has 30 heavy (non-hydrogen) atoms. The van der Waals surface area contributed by atoms with Crippen LogP contribution in [0.5, 0.6) is 0 Å². The van der Waals surface area contributed by atoms with Crippen molar-refractivity contribution in [3.8, 4) is 0 Å². The van der Waals surface area contributed by atoms with E-state index in [0.29, 0.717) is 18.7 Å². The van der Waals surface area contributed by atoms with Crippen molar-refractivity contribution < 1.29 is 33.4 Å². The Balaban J connectivity index is 3.47. The monoisotopic (exact) mass is 427 g/mol. The quantitative estimate of drug-likeness (QED) is 0.157. The Labute approximate surface area is 177 Å². The van der Waals surface area contributed by atoms with E-state index >= 15 is 0 Å². The van der Waals surface area contributed by atoms with Gasteiger partial charge in [0.25, 0.3) is 0 Å². The second-order valence-electron chi connectivity index (χ2n) is 6.49. The first kappa shape index (κ1) is 27.0. The number of hydrogen-bond donors (Lipinski definition) is 3. The molecule has 0 rings (SSSR count). The van der Waals surface area contributed by atoms with Gasteiger partial charge in [-0.25, -0.2) is 19.2 Å². The summed E-state index contributed by atoms with van der Waals surface area (Å²) in [4.78, 5) is 45.3. The fraction of sp³-hybridized carbons (Fsp3) is 0.600. The van der Waals surface area contributed by atoms with Crippen LogP contribution in [0.4, 0.5) is 9.59 Å². The molecule has 0 heterocycles. The van der Waals surface area contributed by atoms with E-state index in [1.54, 1.807) is 6.92 Å². The van der Waals surface area contributed by atoms with Crippen LogP contribution in [0.2, 0.25) is 0 Å². The highest BCUT2D eigenvalue weighted by molar-refractivity contribution is 5.87. The summed E-state index contributed by atoms with van der Waals surface area (Å²) in [6.45, 7) is 11.3. The van der Waals surface area contributed by atoms with Crippen molar-refractivity contribution in [2.45, 2.75) is 39.5 Å². The smallest absolute Gasteiger partial charge is 0.407 e. The molecular weight excluding hydrogens is 394 g/mol. The molecule has 0 aliphatic rings. The molecule has 0 atom stereocenters. The van der Waals surface area contributed by atoms with Gasteiger partial charge < -0.3 is 30.2 Å². The number of amides is 3. The molecule has 0 unspecified atom stereocenters. The third-order valence-corrected chi connectivity index (χ3v) is 3.51. The maximum Gasteiger partial charge on any atom is 0.407 e. The first-order valence-electron chi connectivity index (χ1n) is 9.81. The zero-order valence-electron chi connectivity index (χ0n) is 17.8. The highest BCUT2D eigenvalue weighted by atomic mass is 16.5. The number of carbonyl (C=O) groups excluding carboxylic acids is 4. The minimum atomic E-state index is -0.556. The van der Waals surface area contributed by atoms with Gasteiger partial charge in [0.1, 0.15) is 13.2 Å². The van der Waals surface area contributed by atoms with Crippen LogP contribution >= 0.6 is 0 Å². The molecule has 0 aliphatic carbocycles. The molecule has 3 N–H and O–H groups in total. The summed E-state index contributed by atoms with van der Waals surface area (Å²) < 4.78 is 14.7. The van der Waals surface area contributed by atoms with Gasteiger partial charge in [0.15, 0.2) is 0 Å². The van der Waals surface area contributed by atoms with Crippen molar-refractivity contribution in [1.82, 2.24) is 16.0 Å². The van der Waals surface area contributed by atoms with Crippen molar-refractivity contribution >= 4 is 24.1 Å². The molecule has 0 spiro atoms. The summed E-state index contributed by atoms with van der Waals surface area (Å²) in [6, 6.07) is -0.459. The van der Waals surface area contributed by atoms with Crippen molar-refractivity contribution in [2.24, 2.45) is 0 Å². The van der Waals surface area contributed by atoms with Crippen molar-refractivity contribution in [3.05, 3.63) is 24.3 Å². The van der Waals surface area contributed by atoms with E-state index in [9.17, 15) is 19.2 Å². The molecule has 0 saturated carbocycles. The van der Waals surface area contributed by atoms with Crippen molar-refractivity contribution in [1.29, 1.82) is 0 Å². The summed E-state index contributed by atoms with van der Waals surface area (Å²) in [5.74, 6) is -0.892. The minimum absolute atomic E-state index is 0.0258. The minimum Gasteiger partial charge on any atom is -0.462 e. The summed E-state index contributed by atoms with van der Waals surface area (Å²) in [5, 5.41) is 7.61.